The van der Waals surface area contributed by atoms with Gasteiger partial charge in [-0.25, -0.2) is 13.8 Å². The molecule has 0 bridgehead atoms. The van der Waals surface area contributed by atoms with E-state index in [0.29, 0.717) is 10.6 Å². The fraction of sp³-hybridized carbons (Fsp3) is 0.118. The Morgan fingerprint density at radius 3 is 2.35 bits per heavy atom. The zero-order valence-corrected chi connectivity index (χ0v) is 13.5. The number of nitrogens with zero attached hydrogens (tertiary/aromatic N) is 2. The van der Waals surface area contributed by atoms with Gasteiger partial charge in [-0.2, -0.15) is 0 Å². The molecule has 0 aliphatic rings. The average Bonchev–Trinajstić information content (AvgIpc) is 3.09. The summed E-state index contributed by atoms with van der Waals surface area (Å²) in [6.45, 7) is 0. The molecule has 0 fully saturated rings. The third kappa shape index (κ3) is 3.92. The zero-order chi connectivity index (χ0) is 16.2. The van der Waals surface area contributed by atoms with Crippen LogP contribution in [0, 0.1) is 5.82 Å². The molecular formula is C17H13ClF2N2S. The molecule has 0 saturated heterocycles. The Morgan fingerprint density at radius 1 is 1.04 bits per heavy atom. The number of hydrogen-bond donors (Lipinski definition) is 0. The number of rotatable bonds is 5. The van der Waals surface area contributed by atoms with Crippen LogP contribution in [0.3, 0.4) is 0 Å². The van der Waals surface area contributed by atoms with E-state index in [1.54, 1.807) is 30.5 Å². The van der Waals surface area contributed by atoms with Gasteiger partial charge in [0.2, 0.25) is 0 Å². The Bertz CT molecular complexity index is 745. The predicted octanol–water partition coefficient (Wildman–Crippen LogP) is 5.68. The Labute approximate surface area is 142 Å². The Balaban J connectivity index is 1.92. The minimum atomic E-state index is -1.33. The molecule has 0 spiro atoms. The van der Waals surface area contributed by atoms with Gasteiger partial charge in [-0.1, -0.05) is 23.7 Å². The normalized spacial score (nSPS) is 13.7. The van der Waals surface area contributed by atoms with E-state index in [4.69, 9.17) is 11.6 Å². The molecule has 1 aromatic heterocycles. The van der Waals surface area contributed by atoms with Crippen LogP contribution < -0.4 is 0 Å². The summed E-state index contributed by atoms with van der Waals surface area (Å²) in [5.41, 5.74) is 0.701. The molecule has 2 atom stereocenters. The summed E-state index contributed by atoms with van der Waals surface area (Å²) in [7, 11) is 0. The Hall–Kier alpha value is -1.85. The molecule has 0 amide bonds. The second-order valence-corrected chi connectivity index (χ2v) is 6.58. The van der Waals surface area contributed by atoms with E-state index in [9.17, 15) is 8.78 Å². The van der Waals surface area contributed by atoms with Crippen LogP contribution in [0.1, 0.15) is 17.1 Å². The van der Waals surface area contributed by atoms with Crippen molar-refractivity contribution in [3.8, 4) is 0 Å². The minimum absolute atomic E-state index is 0.345. The van der Waals surface area contributed by atoms with Gasteiger partial charge >= 0.3 is 0 Å². The maximum atomic E-state index is 15.0. The number of benzene rings is 2. The number of halogens is 3. The molecule has 3 aromatic rings. The highest BCUT2D eigenvalue weighted by molar-refractivity contribution is 7.99. The lowest BCUT2D eigenvalue weighted by Gasteiger charge is -2.22. The molecule has 3 rings (SSSR count). The molecule has 23 heavy (non-hydrogen) atoms. The van der Waals surface area contributed by atoms with E-state index >= 15 is 0 Å². The smallest absolute Gasteiger partial charge is 0.193 e. The van der Waals surface area contributed by atoms with Crippen molar-refractivity contribution < 1.29 is 8.78 Å². The zero-order valence-electron chi connectivity index (χ0n) is 11.9. The van der Waals surface area contributed by atoms with Crippen molar-refractivity contribution >= 4 is 23.4 Å². The van der Waals surface area contributed by atoms with Gasteiger partial charge in [0, 0.05) is 22.3 Å². The van der Waals surface area contributed by atoms with Crippen molar-refractivity contribution in [3.63, 3.8) is 0 Å². The molecule has 0 saturated carbocycles. The van der Waals surface area contributed by atoms with Crippen LogP contribution >= 0.6 is 23.4 Å². The van der Waals surface area contributed by atoms with E-state index in [-0.39, 0.29) is 5.82 Å². The molecule has 6 heteroatoms. The Morgan fingerprint density at radius 2 is 1.74 bits per heavy atom. The lowest BCUT2D eigenvalue weighted by molar-refractivity contribution is 0.235. The van der Waals surface area contributed by atoms with Crippen molar-refractivity contribution in [2.24, 2.45) is 0 Å². The third-order valence-corrected chi connectivity index (χ3v) is 4.88. The second kappa shape index (κ2) is 7.15. The molecule has 2 nitrogen and oxygen atoms in total. The van der Waals surface area contributed by atoms with E-state index in [2.05, 4.69) is 4.98 Å². The summed E-state index contributed by atoms with van der Waals surface area (Å²) in [6, 6.07) is 13.1. The second-order valence-electron chi connectivity index (χ2n) is 4.93. The van der Waals surface area contributed by atoms with E-state index in [0.717, 1.165) is 4.90 Å². The molecule has 0 N–H and O–H groups in total. The lowest BCUT2D eigenvalue weighted by atomic mass is 10.1. The highest BCUT2D eigenvalue weighted by Gasteiger charge is 2.25. The van der Waals surface area contributed by atoms with Crippen LogP contribution in [-0.4, -0.2) is 9.55 Å². The highest BCUT2D eigenvalue weighted by atomic mass is 35.5. The molecule has 2 aromatic carbocycles. The van der Waals surface area contributed by atoms with Gasteiger partial charge in [0.1, 0.15) is 5.82 Å². The van der Waals surface area contributed by atoms with E-state index < -0.39 is 11.5 Å². The summed E-state index contributed by atoms with van der Waals surface area (Å²) < 4.78 is 29.5. The van der Waals surface area contributed by atoms with E-state index in [1.165, 1.54) is 41.0 Å². The Kier molecular flexibility index (Phi) is 4.98. The molecular weight excluding hydrogens is 338 g/mol. The minimum Gasteiger partial charge on any atom is -0.305 e. The number of hydrogen-bond acceptors (Lipinski definition) is 2. The largest absolute Gasteiger partial charge is 0.305 e. The van der Waals surface area contributed by atoms with Gasteiger partial charge in [0.25, 0.3) is 0 Å². The van der Waals surface area contributed by atoms with Crippen LogP contribution in [0.2, 0.25) is 5.02 Å². The van der Waals surface area contributed by atoms with Crippen molar-refractivity contribution in [1.82, 2.24) is 9.55 Å². The third-order valence-electron chi connectivity index (χ3n) is 3.33. The monoisotopic (exact) mass is 350 g/mol. The van der Waals surface area contributed by atoms with Crippen LogP contribution in [-0.2, 0) is 0 Å². The molecule has 1 heterocycles. The average molecular weight is 351 g/mol. The summed E-state index contributed by atoms with van der Waals surface area (Å²) in [4.78, 5) is 4.77. The SMILES string of the molecule is Fc1ccc(C(Sc2ccc(Cl)cc2)C(F)n2ccnc2)cc1. The first kappa shape index (κ1) is 16.0. The molecule has 0 aliphatic carbocycles. The van der Waals surface area contributed by atoms with Gasteiger partial charge in [-0.15, -0.1) is 11.8 Å². The summed E-state index contributed by atoms with van der Waals surface area (Å²) in [5, 5.41) is 0.0880. The number of alkyl halides is 1. The maximum Gasteiger partial charge on any atom is 0.193 e. The summed E-state index contributed by atoms with van der Waals surface area (Å²) in [6.07, 6.45) is 3.21. The predicted molar refractivity (Wildman–Crippen MR) is 88.8 cm³/mol. The summed E-state index contributed by atoms with van der Waals surface area (Å²) >= 11 is 7.25. The molecule has 0 radical (unpaired) electrons. The van der Waals surface area contributed by atoms with Crippen molar-refractivity contribution in [1.29, 1.82) is 0 Å². The standard InChI is InChI=1S/C17H13ClF2N2S/c18-13-3-7-15(8-4-13)23-16(12-1-5-14(19)6-2-12)17(20)22-10-9-21-11-22/h1-11,16-17H. The van der Waals surface area contributed by atoms with Gasteiger partial charge in [-0.3, -0.25) is 0 Å². The van der Waals surface area contributed by atoms with Crippen molar-refractivity contribution in [3.05, 3.63) is 83.7 Å². The first-order chi connectivity index (χ1) is 11.1. The molecule has 118 valence electrons. The topological polar surface area (TPSA) is 17.8 Å². The fourth-order valence-corrected chi connectivity index (χ4v) is 3.43. The van der Waals surface area contributed by atoms with Crippen LogP contribution in [0.4, 0.5) is 8.78 Å². The highest BCUT2D eigenvalue weighted by Crippen LogP contribution is 2.43. The maximum absolute atomic E-state index is 15.0. The van der Waals surface area contributed by atoms with E-state index in [1.807, 2.05) is 12.1 Å². The molecule has 2 unspecified atom stereocenters. The fourth-order valence-electron chi connectivity index (χ4n) is 2.17. The first-order valence-corrected chi connectivity index (χ1v) is 8.18. The van der Waals surface area contributed by atoms with Crippen LogP contribution in [0.25, 0.3) is 0 Å². The van der Waals surface area contributed by atoms with Crippen molar-refractivity contribution in [2.45, 2.75) is 16.4 Å². The molecule has 0 aliphatic heterocycles. The number of thioether (sulfide) groups is 1. The van der Waals surface area contributed by atoms with Gasteiger partial charge < -0.3 is 4.57 Å². The lowest BCUT2D eigenvalue weighted by Crippen LogP contribution is -2.10. The summed E-state index contributed by atoms with van der Waals surface area (Å²) in [5.74, 6) is -0.345. The first-order valence-electron chi connectivity index (χ1n) is 6.93. The van der Waals surface area contributed by atoms with Gasteiger partial charge in [0.15, 0.2) is 6.30 Å². The van der Waals surface area contributed by atoms with Crippen LogP contribution in [0.5, 0.6) is 0 Å². The van der Waals surface area contributed by atoms with Crippen molar-refractivity contribution in [2.75, 3.05) is 0 Å². The van der Waals surface area contributed by atoms with Gasteiger partial charge in [-0.05, 0) is 42.0 Å². The van der Waals surface area contributed by atoms with Crippen LogP contribution in [0.15, 0.2) is 72.1 Å². The van der Waals surface area contributed by atoms with Gasteiger partial charge in [0.05, 0.1) is 11.6 Å². The number of aromatic nitrogens is 2. The number of imidazole rings is 1. The quantitative estimate of drug-likeness (QED) is 0.551.